The summed E-state index contributed by atoms with van der Waals surface area (Å²) >= 11 is 1.55. The van der Waals surface area contributed by atoms with E-state index in [0.717, 1.165) is 17.4 Å². The van der Waals surface area contributed by atoms with E-state index in [1.165, 1.54) is 18.4 Å². The van der Waals surface area contributed by atoms with Gasteiger partial charge >= 0.3 is 0 Å². The van der Waals surface area contributed by atoms with Gasteiger partial charge in [0, 0.05) is 12.6 Å². The van der Waals surface area contributed by atoms with Crippen LogP contribution in [0, 0.1) is 5.92 Å². The molecule has 0 saturated heterocycles. The maximum Gasteiger partial charge on any atom is 0.233 e. The number of nitrogens with zero attached hydrogens (tertiary/aromatic N) is 2. The van der Waals surface area contributed by atoms with Crippen molar-refractivity contribution >= 4 is 17.7 Å². The Balaban J connectivity index is 1.77. The fourth-order valence-corrected chi connectivity index (χ4v) is 3.58. The van der Waals surface area contributed by atoms with Crippen LogP contribution >= 0.6 is 11.8 Å². The Bertz CT molecular complexity index is 692. The van der Waals surface area contributed by atoms with Crippen LogP contribution in [0.5, 0.6) is 0 Å². The summed E-state index contributed by atoms with van der Waals surface area (Å²) < 4.78 is 2.31. The minimum absolute atomic E-state index is 0.0836. The highest BCUT2D eigenvalue weighted by Crippen LogP contribution is 2.42. The Hall–Kier alpha value is -1.75. The molecule has 1 fully saturated rings. The lowest BCUT2D eigenvalue weighted by Crippen LogP contribution is -2.33. The number of nitrogens with one attached hydrogen (secondary N) is 1. The van der Waals surface area contributed by atoms with Crippen LogP contribution in [0.4, 0.5) is 0 Å². The molecule has 0 radical (unpaired) electrons. The van der Waals surface area contributed by atoms with Crippen LogP contribution in [0.2, 0.25) is 0 Å². The molecule has 1 N–H and O–H groups in total. The zero-order chi connectivity index (χ0) is 17.1. The number of rotatable bonds is 7. The van der Waals surface area contributed by atoms with Crippen LogP contribution in [0.3, 0.4) is 0 Å². The maximum absolute atomic E-state index is 12.3. The molecule has 1 heterocycles. The van der Waals surface area contributed by atoms with Crippen LogP contribution in [-0.2, 0) is 4.79 Å². The molecule has 3 rings (SSSR count). The van der Waals surface area contributed by atoms with Crippen LogP contribution in [0.1, 0.15) is 39.7 Å². The van der Waals surface area contributed by atoms with Crippen molar-refractivity contribution in [2.75, 3.05) is 6.54 Å². The maximum atomic E-state index is 12.3. The molecule has 1 unspecified atom stereocenters. The summed E-state index contributed by atoms with van der Waals surface area (Å²) in [6.07, 6.45) is 4.32. The second-order valence-corrected chi connectivity index (χ2v) is 8.10. The third-order valence-electron chi connectivity index (χ3n) is 4.08. The Morgan fingerprint density at radius 2 is 2.00 bits per heavy atom. The quantitative estimate of drug-likeness (QED) is 0.769. The third-order valence-corrected chi connectivity index (χ3v) is 5.16. The predicted octanol–water partition coefficient (Wildman–Crippen LogP) is 4.14. The molecule has 0 aliphatic heterocycles. The van der Waals surface area contributed by atoms with Crippen molar-refractivity contribution in [3.8, 4) is 11.3 Å². The second kappa shape index (κ2) is 7.43. The van der Waals surface area contributed by atoms with E-state index in [1.54, 1.807) is 11.8 Å². The molecule has 5 heteroatoms. The number of aromatic nitrogens is 2. The number of thioether (sulfide) groups is 1. The first-order valence-electron chi connectivity index (χ1n) is 8.63. The molecule has 1 saturated carbocycles. The number of hydrogen-bond donors (Lipinski definition) is 1. The summed E-state index contributed by atoms with van der Waals surface area (Å²) in [5.74, 6) is 0.546. The van der Waals surface area contributed by atoms with E-state index in [-0.39, 0.29) is 11.2 Å². The normalized spacial score (nSPS) is 15.5. The molecule has 1 aromatic heterocycles. The van der Waals surface area contributed by atoms with Crippen LogP contribution < -0.4 is 5.32 Å². The SMILES string of the molecule is CC(C)CNC(=O)C(C)Sc1ncc(-c2ccccc2)n1C1CC1. The fourth-order valence-electron chi connectivity index (χ4n) is 2.60. The number of carbonyl (C=O) groups excluding carboxylic acids is 1. The van der Waals surface area contributed by atoms with Crippen molar-refractivity contribution in [2.45, 2.75) is 50.1 Å². The zero-order valence-corrected chi connectivity index (χ0v) is 15.3. The van der Waals surface area contributed by atoms with Crippen molar-refractivity contribution in [1.82, 2.24) is 14.9 Å². The molecular formula is C19H25N3OS. The molecule has 0 spiro atoms. The first kappa shape index (κ1) is 17.1. The molecule has 1 amide bonds. The van der Waals surface area contributed by atoms with Gasteiger partial charge in [0.05, 0.1) is 17.1 Å². The van der Waals surface area contributed by atoms with Gasteiger partial charge in [-0.2, -0.15) is 0 Å². The van der Waals surface area contributed by atoms with Gasteiger partial charge in [-0.3, -0.25) is 4.79 Å². The largest absolute Gasteiger partial charge is 0.355 e. The zero-order valence-electron chi connectivity index (χ0n) is 14.5. The van der Waals surface area contributed by atoms with E-state index in [9.17, 15) is 4.79 Å². The molecule has 1 aromatic carbocycles. The van der Waals surface area contributed by atoms with E-state index >= 15 is 0 Å². The van der Waals surface area contributed by atoms with Crippen LogP contribution in [0.15, 0.2) is 41.7 Å². The summed E-state index contributed by atoms with van der Waals surface area (Å²) in [5, 5.41) is 3.81. The number of amides is 1. The average molecular weight is 343 g/mol. The van der Waals surface area contributed by atoms with Gasteiger partial charge < -0.3 is 9.88 Å². The van der Waals surface area contributed by atoms with Crippen molar-refractivity contribution in [3.05, 3.63) is 36.5 Å². The number of hydrogen-bond acceptors (Lipinski definition) is 3. The highest BCUT2D eigenvalue weighted by atomic mass is 32.2. The highest BCUT2D eigenvalue weighted by Gasteiger charge is 2.30. The minimum atomic E-state index is -0.146. The third kappa shape index (κ3) is 4.01. The minimum Gasteiger partial charge on any atom is -0.355 e. The molecule has 24 heavy (non-hydrogen) atoms. The Morgan fingerprint density at radius 3 is 2.62 bits per heavy atom. The van der Waals surface area contributed by atoms with Crippen molar-refractivity contribution in [3.63, 3.8) is 0 Å². The highest BCUT2D eigenvalue weighted by molar-refractivity contribution is 8.00. The second-order valence-electron chi connectivity index (χ2n) is 6.79. The smallest absolute Gasteiger partial charge is 0.233 e. The lowest BCUT2D eigenvalue weighted by Gasteiger charge is -2.15. The number of imidazole rings is 1. The molecule has 4 nitrogen and oxygen atoms in total. The van der Waals surface area contributed by atoms with E-state index < -0.39 is 0 Å². The first-order valence-corrected chi connectivity index (χ1v) is 9.51. The summed E-state index contributed by atoms with van der Waals surface area (Å²) in [6, 6.07) is 10.9. The van der Waals surface area contributed by atoms with E-state index in [0.29, 0.717) is 12.0 Å². The number of carbonyl (C=O) groups is 1. The summed E-state index contributed by atoms with van der Waals surface area (Å²) in [6.45, 7) is 6.87. The lowest BCUT2D eigenvalue weighted by molar-refractivity contribution is -0.120. The lowest BCUT2D eigenvalue weighted by atomic mass is 10.2. The molecule has 1 aliphatic carbocycles. The predicted molar refractivity (Wildman–Crippen MR) is 99.1 cm³/mol. The van der Waals surface area contributed by atoms with Gasteiger partial charge in [0.25, 0.3) is 0 Å². The van der Waals surface area contributed by atoms with E-state index in [4.69, 9.17) is 0 Å². The standard InChI is InChI=1S/C19H25N3OS/c1-13(2)11-20-18(23)14(3)24-19-21-12-17(22(19)16-9-10-16)15-7-5-4-6-8-15/h4-8,12-14,16H,9-11H2,1-3H3,(H,20,23). The molecule has 1 aliphatic rings. The monoisotopic (exact) mass is 343 g/mol. The first-order chi connectivity index (χ1) is 11.6. The van der Waals surface area contributed by atoms with Gasteiger partial charge in [-0.25, -0.2) is 4.98 Å². The van der Waals surface area contributed by atoms with Gasteiger partial charge in [-0.1, -0.05) is 55.9 Å². The van der Waals surface area contributed by atoms with Gasteiger partial charge in [0.1, 0.15) is 0 Å². The molecule has 2 aromatic rings. The Labute approximate surface area is 148 Å². The van der Waals surface area contributed by atoms with E-state index in [1.807, 2.05) is 31.3 Å². The number of benzene rings is 1. The van der Waals surface area contributed by atoms with Gasteiger partial charge in [-0.15, -0.1) is 0 Å². The van der Waals surface area contributed by atoms with Gasteiger partial charge in [0.2, 0.25) is 5.91 Å². The average Bonchev–Trinajstić information content (AvgIpc) is 3.34. The van der Waals surface area contributed by atoms with Crippen LogP contribution in [0.25, 0.3) is 11.3 Å². The summed E-state index contributed by atoms with van der Waals surface area (Å²) in [7, 11) is 0. The van der Waals surface area contributed by atoms with Gasteiger partial charge in [0.15, 0.2) is 5.16 Å². The molecule has 128 valence electrons. The van der Waals surface area contributed by atoms with Gasteiger partial charge in [-0.05, 0) is 31.2 Å². The Morgan fingerprint density at radius 1 is 1.29 bits per heavy atom. The summed E-state index contributed by atoms with van der Waals surface area (Å²) in [5.41, 5.74) is 2.33. The van der Waals surface area contributed by atoms with Crippen molar-refractivity contribution in [1.29, 1.82) is 0 Å². The molecule has 0 bridgehead atoms. The molecular weight excluding hydrogens is 318 g/mol. The van der Waals surface area contributed by atoms with Crippen LogP contribution in [-0.4, -0.2) is 27.3 Å². The van der Waals surface area contributed by atoms with Crippen molar-refractivity contribution in [2.24, 2.45) is 5.92 Å². The summed E-state index contributed by atoms with van der Waals surface area (Å²) in [4.78, 5) is 16.9. The topological polar surface area (TPSA) is 46.9 Å². The molecule has 1 atom stereocenters. The fraction of sp³-hybridized carbons (Fsp3) is 0.474. The Kier molecular flexibility index (Phi) is 5.29. The van der Waals surface area contributed by atoms with E-state index in [2.05, 4.69) is 40.8 Å². The van der Waals surface area contributed by atoms with Crippen molar-refractivity contribution < 1.29 is 4.79 Å².